The predicted molar refractivity (Wildman–Crippen MR) is 61.2 cm³/mol. The summed E-state index contributed by atoms with van der Waals surface area (Å²) in [6.07, 6.45) is 8.24. The second-order valence-corrected chi connectivity index (χ2v) is 4.81. The van der Waals surface area contributed by atoms with Gasteiger partial charge in [-0.25, -0.2) is 4.98 Å². The molecule has 86 valence electrons. The van der Waals surface area contributed by atoms with E-state index in [-0.39, 0.29) is 0 Å². The van der Waals surface area contributed by atoms with Crippen LogP contribution in [0.2, 0.25) is 0 Å². The van der Waals surface area contributed by atoms with E-state index in [0.29, 0.717) is 0 Å². The number of hydrogen-bond acceptors (Lipinski definition) is 4. The highest BCUT2D eigenvalue weighted by Crippen LogP contribution is 2.18. The minimum Gasteiger partial charge on any atom is -0.314 e. The van der Waals surface area contributed by atoms with Gasteiger partial charge in [-0.05, 0) is 38.5 Å². The highest BCUT2D eigenvalue weighted by atomic mass is 15.2. The minimum atomic E-state index is 0.769. The molecule has 0 aliphatic heterocycles. The molecular weight excluding hydrogens is 200 g/mol. The average molecular weight is 218 g/mol. The monoisotopic (exact) mass is 218 g/mol. The third kappa shape index (κ3) is 2.38. The number of nitrogens with one attached hydrogen (secondary N) is 1. The maximum absolute atomic E-state index is 4.62. The van der Waals surface area contributed by atoms with E-state index in [4.69, 9.17) is 0 Å². The molecule has 4 heteroatoms. The van der Waals surface area contributed by atoms with Gasteiger partial charge in [-0.3, -0.25) is 0 Å². The highest BCUT2D eigenvalue weighted by molar-refractivity contribution is 5.13. The second-order valence-electron chi connectivity index (χ2n) is 4.81. The Bertz CT molecular complexity index is 373. The Morgan fingerprint density at radius 1 is 1.06 bits per heavy atom. The van der Waals surface area contributed by atoms with Crippen molar-refractivity contribution >= 4 is 0 Å². The zero-order valence-electron chi connectivity index (χ0n) is 9.58. The zero-order valence-corrected chi connectivity index (χ0v) is 9.58. The fourth-order valence-corrected chi connectivity index (χ4v) is 2.18. The van der Waals surface area contributed by atoms with Crippen LogP contribution in [0.4, 0.5) is 0 Å². The van der Waals surface area contributed by atoms with Crippen LogP contribution in [0.25, 0.3) is 0 Å². The van der Waals surface area contributed by atoms with E-state index in [2.05, 4.69) is 20.5 Å². The Labute approximate surface area is 95.9 Å². The van der Waals surface area contributed by atoms with Gasteiger partial charge in [0.25, 0.3) is 0 Å². The summed E-state index contributed by atoms with van der Waals surface area (Å²) < 4.78 is 0. The number of aromatic nitrogens is 3. The van der Waals surface area contributed by atoms with Gasteiger partial charge in [-0.1, -0.05) is 0 Å². The molecule has 0 bridgehead atoms. The first-order valence-electron chi connectivity index (χ1n) is 6.36. The molecule has 1 N–H and O–H groups in total. The molecule has 1 aromatic rings. The molecule has 1 heterocycles. The number of rotatable bonds is 4. The van der Waals surface area contributed by atoms with Gasteiger partial charge in [-0.2, -0.15) is 5.10 Å². The summed E-state index contributed by atoms with van der Waals surface area (Å²) in [6, 6.07) is 0.769. The van der Waals surface area contributed by atoms with Crippen molar-refractivity contribution in [2.75, 3.05) is 6.54 Å². The topological polar surface area (TPSA) is 50.7 Å². The van der Waals surface area contributed by atoms with E-state index in [1.807, 2.05) is 0 Å². The van der Waals surface area contributed by atoms with Gasteiger partial charge in [0.15, 0.2) is 5.82 Å². The first-order chi connectivity index (χ1) is 7.92. The molecule has 1 saturated carbocycles. The molecule has 0 spiro atoms. The fraction of sp³-hybridized carbons (Fsp3) is 0.750. The zero-order chi connectivity index (χ0) is 10.8. The lowest BCUT2D eigenvalue weighted by molar-refractivity contribution is 0.604. The van der Waals surface area contributed by atoms with Crippen LogP contribution in [0.15, 0.2) is 0 Å². The van der Waals surface area contributed by atoms with Crippen LogP contribution in [0.5, 0.6) is 0 Å². The maximum atomic E-state index is 4.62. The SMILES string of the molecule is C1CCc2nc(CCNC3CC3)nnc2C1. The van der Waals surface area contributed by atoms with Crippen molar-refractivity contribution < 1.29 is 0 Å². The van der Waals surface area contributed by atoms with Crippen LogP contribution >= 0.6 is 0 Å². The molecule has 2 aliphatic carbocycles. The summed E-state index contributed by atoms with van der Waals surface area (Å²) in [5.74, 6) is 0.911. The Morgan fingerprint density at radius 3 is 2.69 bits per heavy atom. The molecule has 0 unspecified atom stereocenters. The minimum absolute atomic E-state index is 0.769. The summed E-state index contributed by atoms with van der Waals surface area (Å²) in [5.41, 5.74) is 2.33. The van der Waals surface area contributed by atoms with E-state index in [1.54, 1.807) is 0 Å². The van der Waals surface area contributed by atoms with Crippen molar-refractivity contribution in [1.82, 2.24) is 20.5 Å². The van der Waals surface area contributed by atoms with Gasteiger partial charge in [0.05, 0.1) is 11.4 Å². The molecule has 0 atom stereocenters. The van der Waals surface area contributed by atoms with E-state index in [0.717, 1.165) is 43.4 Å². The van der Waals surface area contributed by atoms with Crippen LogP contribution in [0.1, 0.15) is 42.9 Å². The summed E-state index contributed by atoms with van der Waals surface area (Å²) in [4.78, 5) is 4.62. The van der Waals surface area contributed by atoms with Crippen LogP contribution < -0.4 is 5.32 Å². The molecule has 2 aliphatic rings. The average Bonchev–Trinajstić information content (AvgIpc) is 3.13. The van der Waals surface area contributed by atoms with Gasteiger partial charge < -0.3 is 5.32 Å². The van der Waals surface area contributed by atoms with Crippen molar-refractivity contribution in [1.29, 1.82) is 0 Å². The van der Waals surface area contributed by atoms with Gasteiger partial charge in [-0.15, -0.1) is 5.10 Å². The van der Waals surface area contributed by atoms with E-state index >= 15 is 0 Å². The van der Waals surface area contributed by atoms with E-state index in [9.17, 15) is 0 Å². The predicted octanol–water partition coefficient (Wildman–Crippen LogP) is 1.04. The van der Waals surface area contributed by atoms with Gasteiger partial charge >= 0.3 is 0 Å². The first-order valence-corrected chi connectivity index (χ1v) is 6.36. The van der Waals surface area contributed by atoms with Crippen molar-refractivity contribution in [2.45, 2.75) is 51.0 Å². The van der Waals surface area contributed by atoms with Crippen LogP contribution in [0, 0.1) is 0 Å². The summed E-state index contributed by atoms with van der Waals surface area (Å²) in [5, 5.41) is 12.0. The number of hydrogen-bond donors (Lipinski definition) is 1. The standard InChI is InChI=1S/C12H18N4/c1-2-4-11-10(3-1)14-12(16-15-11)7-8-13-9-5-6-9/h9,13H,1-8H2. The van der Waals surface area contributed by atoms with Crippen molar-refractivity contribution in [3.8, 4) is 0 Å². The Balaban J connectivity index is 1.60. The smallest absolute Gasteiger partial charge is 0.152 e. The number of fused-ring (bicyclic) bond motifs is 1. The van der Waals surface area contributed by atoms with E-state index < -0.39 is 0 Å². The third-order valence-electron chi connectivity index (χ3n) is 3.32. The first kappa shape index (κ1) is 10.1. The lowest BCUT2D eigenvalue weighted by Crippen LogP contribution is -2.21. The Morgan fingerprint density at radius 2 is 1.88 bits per heavy atom. The van der Waals surface area contributed by atoms with Crippen molar-refractivity contribution in [3.05, 3.63) is 17.2 Å². The van der Waals surface area contributed by atoms with Crippen LogP contribution in [-0.2, 0) is 19.3 Å². The van der Waals surface area contributed by atoms with Gasteiger partial charge in [0.2, 0.25) is 0 Å². The molecule has 1 aromatic heterocycles. The Kier molecular flexibility index (Phi) is 2.82. The van der Waals surface area contributed by atoms with Crippen molar-refractivity contribution in [2.24, 2.45) is 0 Å². The summed E-state index contributed by atoms with van der Waals surface area (Å²) in [6.45, 7) is 0.991. The van der Waals surface area contributed by atoms with E-state index in [1.165, 1.54) is 31.4 Å². The summed E-state index contributed by atoms with van der Waals surface area (Å²) >= 11 is 0. The molecule has 0 radical (unpaired) electrons. The second kappa shape index (κ2) is 4.45. The molecule has 3 rings (SSSR count). The molecule has 0 saturated heterocycles. The number of aryl methyl sites for hydroxylation is 2. The molecule has 0 aromatic carbocycles. The number of nitrogens with zero attached hydrogens (tertiary/aromatic N) is 3. The van der Waals surface area contributed by atoms with Gasteiger partial charge in [0, 0.05) is 19.0 Å². The molecule has 16 heavy (non-hydrogen) atoms. The molecule has 0 amide bonds. The van der Waals surface area contributed by atoms with Gasteiger partial charge in [0.1, 0.15) is 0 Å². The van der Waals surface area contributed by atoms with Crippen LogP contribution in [-0.4, -0.2) is 27.8 Å². The lowest BCUT2D eigenvalue weighted by Gasteiger charge is -2.13. The lowest BCUT2D eigenvalue weighted by atomic mass is 10.0. The largest absolute Gasteiger partial charge is 0.314 e. The summed E-state index contributed by atoms with van der Waals surface area (Å²) in [7, 11) is 0. The normalized spacial score (nSPS) is 19.5. The highest BCUT2D eigenvalue weighted by Gasteiger charge is 2.20. The maximum Gasteiger partial charge on any atom is 0.152 e. The molecule has 1 fully saturated rings. The molecular formula is C12H18N4. The van der Waals surface area contributed by atoms with Crippen LogP contribution in [0.3, 0.4) is 0 Å². The fourth-order valence-electron chi connectivity index (χ4n) is 2.18. The van der Waals surface area contributed by atoms with Crippen molar-refractivity contribution in [3.63, 3.8) is 0 Å². The quantitative estimate of drug-likeness (QED) is 0.820. The molecule has 4 nitrogen and oxygen atoms in total. The third-order valence-corrected chi connectivity index (χ3v) is 3.32. The Hall–Kier alpha value is -1.03.